The number of carbonyl (C=O) groups excluding carboxylic acids is 2. The molecule has 15 heavy (non-hydrogen) atoms. The highest BCUT2D eigenvalue weighted by Gasteiger charge is 2.19. The van der Waals surface area contributed by atoms with Crippen LogP contribution in [0, 0.1) is 0 Å². The van der Waals surface area contributed by atoms with E-state index in [0.29, 0.717) is 6.54 Å². The van der Waals surface area contributed by atoms with Gasteiger partial charge in [0.2, 0.25) is 11.8 Å². The number of likely N-dealkylation sites (N-methyl/N-ethyl adjacent to an activating group) is 1. The normalized spacial score (nSPS) is 12.4. The van der Waals surface area contributed by atoms with Gasteiger partial charge in [0.25, 0.3) is 0 Å². The minimum Gasteiger partial charge on any atom is -0.352 e. The molecule has 0 aromatic rings. The van der Waals surface area contributed by atoms with Crippen LogP contribution in [-0.4, -0.2) is 40.7 Å². The average molecular weight is 279 g/mol. The second kappa shape index (κ2) is 6.82. The first kappa shape index (κ1) is 14.4. The van der Waals surface area contributed by atoms with Gasteiger partial charge in [-0.1, -0.05) is 15.9 Å². The van der Waals surface area contributed by atoms with Gasteiger partial charge in [-0.2, -0.15) is 0 Å². The summed E-state index contributed by atoms with van der Waals surface area (Å²) in [6.07, 6.45) is 0. The molecule has 5 heteroatoms. The number of carbonyl (C=O) groups is 2. The number of alkyl halides is 1. The highest BCUT2D eigenvalue weighted by atomic mass is 79.9. The van der Waals surface area contributed by atoms with Crippen molar-refractivity contribution in [1.82, 2.24) is 10.2 Å². The van der Waals surface area contributed by atoms with Crippen LogP contribution in [0.5, 0.6) is 0 Å². The second-order valence-corrected chi connectivity index (χ2v) is 5.06. The maximum Gasteiger partial charge on any atom is 0.239 e. The van der Waals surface area contributed by atoms with E-state index in [9.17, 15) is 9.59 Å². The monoisotopic (exact) mass is 278 g/mol. The molecule has 1 N–H and O–H groups in total. The van der Waals surface area contributed by atoms with Gasteiger partial charge in [0.1, 0.15) is 0 Å². The van der Waals surface area contributed by atoms with Crippen LogP contribution < -0.4 is 5.32 Å². The zero-order chi connectivity index (χ0) is 12.0. The number of rotatable bonds is 5. The summed E-state index contributed by atoms with van der Waals surface area (Å²) in [6, 6.07) is 0.104. The van der Waals surface area contributed by atoms with Crippen molar-refractivity contribution in [2.45, 2.75) is 38.6 Å². The smallest absolute Gasteiger partial charge is 0.239 e. The highest BCUT2D eigenvalue weighted by molar-refractivity contribution is 9.10. The molecule has 0 aromatic carbocycles. The lowest BCUT2D eigenvalue weighted by molar-refractivity contribution is -0.135. The lowest BCUT2D eigenvalue weighted by Crippen LogP contribution is -2.44. The van der Waals surface area contributed by atoms with Gasteiger partial charge < -0.3 is 10.2 Å². The van der Waals surface area contributed by atoms with E-state index in [1.807, 2.05) is 20.8 Å². The molecule has 0 radical (unpaired) electrons. The van der Waals surface area contributed by atoms with Gasteiger partial charge in [-0.05, 0) is 27.7 Å². The van der Waals surface area contributed by atoms with Gasteiger partial charge in [0.15, 0.2) is 0 Å². The molecule has 0 heterocycles. The molecule has 0 bridgehead atoms. The molecule has 0 fully saturated rings. The summed E-state index contributed by atoms with van der Waals surface area (Å²) in [6.45, 7) is 8.07. The summed E-state index contributed by atoms with van der Waals surface area (Å²) in [5, 5.41) is 2.75. The lowest BCUT2D eigenvalue weighted by atomic mass is 10.3. The van der Waals surface area contributed by atoms with Gasteiger partial charge in [0, 0.05) is 12.6 Å². The van der Waals surface area contributed by atoms with E-state index >= 15 is 0 Å². The summed E-state index contributed by atoms with van der Waals surface area (Å²) in [5.74, 6) is -0.176. The first-order valence-corrected chi connectivity index (χ1v) is 6.02. The van der Waals surface area contributed by atoms with Gasteiger partial charge >= 0.3 is 0 Å². The fraction of sp³-hybridized carbons (Fsp3) is 0.800. The Morgan fingerprint density at radius 2 is 1.87 bits per heavy atom. The van der Waals surface area contributed by atoms with Crippen molar-refractivity contribution in [3.8, 4) is 0 Å². The van der Waals surface area contributed by atoms with Crippen LogP contribution in [0.1, 0.15) is 27.7 Å². The van der Waals surface area contributed by atoms with E-state index < -0.39 is 0 Å². The van der Waals surface area contributed by atoms with Crippen LogP contribution in [0.2, 0.25) is 0 Å². The van der Waals surface area contributed by atoms with Crippen LogP contribution in [0.4, 0.5) is 0 Å². The Labute approximate surface area is 99.5 Å². The van der Waals surface area contributed by atoms with E-state index in [2.05, 4.69) is 21.2 Å². The van der Waals surface area contributed by atoms with E-state index in [1.165, 1.54) is 4.90 Å². The van der Waals surface area contributed by atoms with E-state index in [4.69, 9.17) is 0 Å². The van der Waals surface area contributed by atoms with Crippen molar-refractivity contribution in [3.63, 3.8) is 0 Å². The number of hydrogen-bond acceptors (Lipinski definition) is 2. The van der Waals surface area contributed by atoms with Crippen molar-refractivity contribution in [2.75, 3.05) is 13.1 Å². The fourth-order valence-corrected chi connectivity index (χ4v) is 1.43. The van der Waals surface area contributed by atoms with Crippen molar-refractivity contribution in [3.05, 3.63) is 0 Å². The Morgan fingerprint density at radius 3 is 2.20 bits per heavy atom. The van der Waals surface area contributed by atoms with Crippen LogP contribution in [-0.2, 0) is 9.59 Å². The third kappa shape index (κ3) is 5.77. The molecule has 0 aromatic heterocycles. The third-order valence-electron chi connectivity index (χ3n) is 1.82. The number of amides is 2. The quantitative estimate of drug-likeness (QED) is 0.767. The first-order chi connectivity index (χ1) is 6.88. The van der Waals surface area contributed by atoms with Crippen LogP contribution >= 0.6 is 15.9 Å². The Bertz CT molecular complexity index is 229. The molecule has 0 saturated carbocycles. The maximum atomic E-state index is 11.6. The van der Waals surface area contributed by atoms with E-state index in [-0.39, 0.29) is 29.2 Å². The molecule has 0 aliphatic rings. The minimum atomic E-state index is -0.246. The summed E-state index contributed by atoms with van der Waals surface area (Å²) in [7, 11) is 0. The number of nitrogens with one attached hydrogen (secondary N) is 1. The molecule has 0 rings (SSSR count). The van der Waals surface area contributed by atoms with Gasteiger partial charge in [0.05, 0.1) is 11.4 Å². The molecule has 0 aliphatic heterocycles. The van der Waals surface area contributed by atoms with Gasteiger partial charge in [-0.15, -0.1) is 0 Å². The molecule has 4 nitrogen and oxygen atoms in total. The number of halogens is 1. The maximum absolute atomic E-state index is 11.6. The molecule has 0 spiro atoms. The molecule has 0 aliphatic carbocycles. The molecule has 0 saturated heterocycles. The van der Waals surface area contributed by atoms with Crippen LogP contribution in [0.25, 0.3) is 0 Å². The standard InChI is InChI=1S/C10H19BrN2O2/c1-5-13(10(15)8(4)11)6-9(14)12-7(2)3/h7-8H,5-6H2,1-4H3,(H,12,14). The average Bonchev–Trinajstić information content (AvgIpc) is 2.11. The van der Waals surface area contributed by atoms with E-state index in [1.54, 1.807) is 6.92 Å². The van der Waals surface area contributed by atoms with Crippen molar-refractivity contribution < 1.29 is 9.59 Å². The summed E-state index contributed by atoms with van der Waals surface area (Å²) >= 11 is 3.20. The summed E-state index contributed by atoms with van der Waals surface area (Å²) in [4.78, 5) is 24.3. The van der Waals surface area contributed by atoms with Crippen molar-refractivity contribution in [1.29, 1.82) is 0 Å². The summed E-state index contributed by atoms with van der Waals surface area (Å²) in [5.41, 5.74) is 0. The molecule has 2 amide bonds. The molecule has 1 unspecified atom stereocenters. The zero-order valence-electron chi connectivity index (χ0n) is 9.71. The minimum absolute atomic E-state index is 0.0589. The van der Waals surface area contributed by atoms with Crippen molar-refractivity contribution >= 4 is 27.7 Å². The van der Waals surface area contributed by atoms with Gasteiger partial charge in [-0.3, -0.25) is 9.59 Å². The predicted molar refractivity (Wildman–Crippen MR) is 63.9 cm³/mol. The predicted octanol–water partition coefficient (Wildman–Crippen LogP) is 1.14. The fourth-order valence-electron chi connectivity index (χ4n) is 1.14. The van der Waals surface area contributed by atoms with Crippen molar-refractivity contribution in [2.24, 2.45) is 0 Å². The SMILES string of the molecule is CCN(CC(=O)NC(C)C)C(=O)C(C)Br. The summed E-state index contributed by atoms with van der Waals surface area (Å²) < 4.78 is 0. The number of nitrogens with zero attached hydrogens (tertiary/aromatic N) is 1. The Hall–Kier alpha value is -0.580. The zero-order valence-corrected chi connectivity index (χ0v) is 11.3. The highest BCUT2D eigenvalue weighted by Crippen LogP contribution is 2.03. The van der Waals surface area contributed by atoms with Gasteiger partial charge in [-0.25, -0.2) is 0 Å². The Balaban J connectivity index is 4.21. The molecular formula is C10H19BrN2O2. The van der Waals surface area contributed by atoms with Crippen LogP contribution in [0.3, 0.4) is 0 Å². The Morgan fingerprint density at radius 1 is 1.33 bits per heavy atom. The van der Waals surface area contributed by atoms with E-state index in [0.717, 1.165) is 0 Å². The van der Waals surface area contributed by atoms with Crippen LogP contribution in [0.15, 0.2) is 0 Å². The second-order valence-electron chi connectivity index (χ2n) is 3.69. The molecular weight excluding hydrogens is 260 g/mol. The largest absolute Gasteiger partial charge is 0.352 e. The Kier molecular flexibility index (Phi) is 6.56. The first-order valence-electron chi connectivity index (χ1n) is 5.10. The molecule has 88 valence electrons. The molecule has 1 atom stereocenters. The number of hydrogen-bond donors (Lipinski definition) is 1. The lowest BCUT2D eigenvalue weighted by Gasteiger charge is -2.22. The topological polar surface area (TPSA) is 49.4 Å². The third-order valence-corrected chi connectivity index (χ3v) is 2.21.